The van der Waals surface area contributed by atoms with E-state index in [0.717, 1.165) is 32.3 Å². The van der Waals surface area contributed by atoms with E-state index in [1.54, 1.807) is 0 Å². The molecule has 0 saturated carbocycles. The second-order valence-corrected chi connectivity index (χ2v) is 8.83. The van der Waals surface area contributed by atoms with E-state index in [4.69, 9.17) is 33.2 Å². The van der Waals surface area contributed by atoms with Gasteiger partial charge in [-0.25, -0.2) is 0 Å². The Hall–Kier alpha value is -0.770. The molecule has 0 heterocycles. The molecule has 0 saturated heterocycles. The van der Waals surface area contributed by atoms with Crippen molar-refractivity contribution in [2.75, 3.05) is 85.9 Å². The van der Waals surface area contributed by atoms with Gasteiger partial charge in [-0.05, 0) is 12.8 Å². The summed E-state index contributed by atoms with van der Waals surface area (Å²) < 4.78 is 37.8. The van der Waals surface area contributed by atoms with Gasteiger partial charge in [0, 0.05) is 13.0 Å². The minimum Gasteiger partial charge on any atom is -0.463 e. The summed E-state index contributed by atoms with van der Waals surface area (Å²) in [5.41, 5.74) is 0. The lowest BCUT2D eigenvalue weighted by molar-refractivity contribution is -0.145. The maximum absolute atomic E-state index is 11.7. The molecule has 0 aliphatic rings. The quantitative estimate of drug-likeness (QED) is 0.0894. The van der Waals surface area contributed by atoms with E-state index in [1.807, 2.05) is 0 Å². The molecule has 8 heteroatoms. The Labute approximate surface area is 221 Å². The first-order valence-corrected chi connectivity index (χ1v) is 14.4. The van der Waals surface area contributed by atoms with Crippen LogP contribution < -0.4 is 0 Å². The molecular weight excluding hydrogens is 464 g/mol. The normalized spacial score (nSPS) is 11.3. The SMILES string of the molecule is CCCCCCCCCCCC(=O)OCCOCCOCCOCCOCCOCCOCCCC. The molecule has 0 atom stereocenters. The molecule has 0 aromatic rings. The molecule has 216 valence electrons. The van der Waals surface area contributed by atoms with E-state index in [-0.39, 0.29) is 5.97 Å². The molecule has 0 rings (SSSR count). The third kappa shape index (κ3) is 31.3. The number of hydrogen-bond donors (Lipinski definition) is 0. The number of carbonyl (C=O) groups excluding carboxylic acids is 1. The van der Waals surface area contributed by atoms with Crippen LogP contribution in [0.15, 0.2) is 0 Å². The predicted octanol–water partition coefficient (Wildman–Crippen LogP) is 5.35. The topological polar surface area (TPSA) is 81.7 Å². The van der Waals surface area contributed by atoms with Gasteiger partial charge >= 0.3 is 5.97 Å². The largest absolute Gasteiger partial charge is 0.463 e. The summed E-state index contributed by atoms with van der Waals surface area (Å²) in [6.07, 6.45) is 13.9. The number of ether oxygens (including phenoxy) is 7. The van der Waals surface area contributed by atoms with Crippen LogP contribution in [0.2, 0.25) is 0 Å². The van der Waals surface area contributed by atoms with Crippen molar-refractivity contribution in [1.29, 1.82) is 0 Å². The Morgan fingerprint density at radius 2 is 0.722 bits per heavy atom. The molecular formula is C28H56O8. The second kappa shape index (κ2) is 32.3. The molecule has 0 radical (unpaired) electrons. The van der Waals surface area contributed by atoms with E-state index in [1.165, 1.54) is 44.9 Å². The van der Waals surface area contributed by atoms with Crippen LogP contribution >= 0.6 is 0 Å². The lowest BCUT2D eigenvalue weighted by Gasteiger charge is -2.08. The number of unbranched alkanes of at least 4 members (excludes halogenated alkanes) is 9. The molecule has 36 heavy (non-hydrogen) atoms. The summed E-state index contributed by atoms with van der Waals surface area (Å²) in [5, 5.41) is 0. The number of carbonyl (C=O) groups is 1. The zero-order valence-corrected chi connectivity index (χ0v) is 23.4. The highest BCUT2D eigenvalue weighted by molar-refractivity contribution is 5.69. The van der Waals surface area contributed by atoms with E-state index >= 15 is 0 Å². The minimum absolute atomic E-state index is 0.126. The van der Waals surface area contributed by atoms with Gasteiger partial charge in [0.2, 0.25) is 0 Å². The third-order valence-electron chi connectivity index (χ3n) is 5.48. The van der Waals surface area contributed by atoms with Crippen LogP contribution in [0.3, 0.4) is 0 Å². The molecule has 0 bridgehead atoms. The first-order valence-electron chi connectivity index (χ1n) is 14.4. The van der Waals surface area contributed by atoms with Gasteiger partial charge in [-0.3, -0.25) is 4.79 Å². The fraction of sp³-hybridized carbons (Fsp3) is 0.964. The summed E-state index contributed by atoms with van der Waals surface area (Å²) in [5.74, 6) is -0.126. The lowest BCUT2D eigenvalue weighted by atomic mass is 10.1. The highest BCUT2D eigenvalue weighted by Gasteiger charge is 2.02. The Balaban J connectivity index is 3.11. The average Bonchev–Trinajstić information content (AvgIpc) is 2.88. The smallest absolute Gasteiger partial charge is 0.305 e. The van der Waals surface area contributed by atoms with Crippen molar-refractivity contribution in [2.24, 2.45) is 0 Å². The van der Waals surface area contributed by atoms with Gasteiger partial charge in [0.05, 0.1) is 72.7 Å². The fourth-order valence-corrected chi connectivity index (χ4v) is 3.31. The van der Waals surface area contributed by atoms with Crippen molar-refractivity contribution in [1.82, 2.24) is 0 Å². The van der Waals surface area contributed by atoms with Crippen molar-refractivity contribution in [3.05, 3.63) is 0 Å². The fourth-order valence-electron chi connectivity index (χ4n) is 3.31. The van der Waals surface area contributed by atoms with E-state index in [2.05, 4.69) is 13.8 Å². The lowest BCUT2D eigenvalue weighted by Crippen LogP contribution is -2.15. The first kappa shape index (κ1) is 35.2. The minimum atomic E-state index is -0.126. The van der Waals surface area contributed by atoms with Crippen LogP contribution in [0.1, 0.15) is 90.9 Å². The van der Waals surface area contributed by atoms with Crippen molar-refractivity contribution in [2.45, 2.75) is 90.9 Å². The second-order valence-electron chi connectivity index (χ2n) is 8.83. The Kier molecular flexibility index (Phi) is 31.6. The molecule has 0 unspecified atom stereocenters. The Bertz CT molecular complexity index is 422. The van der Waals surface area contributed by atoms with E-state index in [0.29, 0.717) is 85.7 Å². The van der Waals surface area contributed by atoms with Crippen molar-refractivity contribution >= 4 is 5.97 Å². The summed E-state index contributed by atoms with van der Waals surface area (Å²) in [4.78, 5) is 11.7. The highest BCUT2D eigenvalue weighted by atomic mass is 16.6. The van der Waals surface area contributed by atoms with Crippen molar-refractivity contribution < 1.29 is 38.0 Å². The summed E-state index contributed by atoms with van der Waals surface area (Å²) in [6.45, 7) is 11.3. The maximum Gasteiger partial charge on any atom is 0.305 e. The molecule has 0 aromatic heterocycles. The van der Waals surface area contributed by atoms with E-state index in [9.17, 15) is 4.79 Å². The van der Waals surface area contributed by atoms with Gasteiger partial charge in [-0.15, -0.1) is 0 Å². The van der Waals surface area contributed by atoms with Crippen molar-refractivity contribution in [3.63, 3.8) is 0 Å². The van der Waals surface area contributed by atoms with Crippen LogP contribution in [0.25, 0.3) is 0 Å². The zero-order valence-electron chi connectivity index (χ0n) is 23.4. The van der Waals surface area contributed by atoms with E-state index < -0.39 is 0 Å². The van der Waals surface area contributed by atoms with Crippen LogP contribution in [-0.2, 0) is 38.0 Å². The molecule has 0 fully saturated rings. The highest BCUT2D eigenvalue weighted by Crippen LogP contribution is 2.10. The molecule has 0 N–H and O–H groups in total. The Morgan fingerprint density at radius 1 is 0.389 bits per heavy atom. The molecule has 0 aromatic carbocycles. The maximum atomic E-state index is 11.7. The monoisotopic (exact) mass is 520 g/mol. The van der Waals surface area contributed by atoms with Gasteiger partial charge in [0.15, 0.2) is 0 Å². The number of hydrogen-bond acceptors (Lipinski definition) is 8. The number of esters is 1. The standard InChI is InChI=1S/C28H56O8/c1-3-5-7-8-9-10-11-12-13-14-28(29)36-27-26-35-25-24-34-23-22-33-21-20-32-19-18-31-17-16-30-15-6-4-2/h3-27H2,1-2H3. The van der Waals surface area contributed by atoms with Crippen LogP contribution in [0, 0.1) is 0 Å². The Morgan fingerprint density at radius 3 is 1.14 bits per heavy atom. The zero-order chi connectivity index (χ0) is 26.2. The molecule has 0 spiro atoms. The number of rotatable bonds is 31. The summed E-state index contributed by atoms with van der Waals surface area (Å²) in [6, 6.07) is 0. The third-order valence-corrected chi connectivity index (χ3v) is 5.48. The summed E-state index contributed by atoms with van der Waals surface area (Å²) in [7, 11) is 0. The van der Waals surface area contributed by atoms with Gasteiger partial charge in [-0.2, -0.15) is 0 Å². The van der Waals surface area contributed by atoms with Gasteiger partial charge in [0.1, 0.15) is 6.61 Å². The van der Waals surface area contributed by atoms with Gasteiger partial charge in [-0.1, -0.05) is 71.6 Å². The van der Waals surface area contributed by atoms with Gasteiger partial charge < -0.3 is 33.2 Å². The van der Waals surface area contributed by atoms with Crippen LogP contribution in [0.5, 0.6) is 0 Å². The van der Waals surface area contributed by atoms with Crippen LogP contribution in [0.4, 0.5) is 0 Å². The molecule has 0 aliphatic carbocycles. The molecule has 8 nitrogen and oxygen atoms in total. The molecule has 0 aliphatic heterocycles. The molecule has 0 amide bonds. The van der Waals surface area contributed by atoms with Crippen molar-refractivity contribution in [3.8, 4) is 0 Å². The van der Waals surface area contributed by atoms with Gasteiger partial charge in [0.25, 0.3) is 0 Å². The predicted molar refractivity (Wildman–Crippen MR) is 143 cm³/mol. The first-order chi connectivity index (χ1) is 17.8. The average molecular weight is 521 g/mol. The van der Waals surface area contributed by atoms with Crippen LogP contribution in [-0.4, -0.2) is 91.9 Å². The summed E-state index contributed by atoms with van der Waals surface area (Å²) >= 11 is 0.